The molecule has 9 heteroatoms. The van der Waals surface area contributed by atoms with Gasteiger partial charge in [0.2, 0.25) is 0 Å². The van der Waals surface area contributed by atoms with E-state index in [9.17, 15) is 28.1 Å². The minimum Gasteiger partial charge on any atom is -0.320 e. The molecule has 1 rings (SSSR count). The summed E-state index contributed by atoms with van der Waals surface area (Å²) in [5.41, 5.74) is -4.09. The third-order valence-corrected chi connectivity index (χ3v) is 2.72. The van der Waals surface area contributed by atoms with Crippen LogP contribution in [0.25, 0.3) is 0 Å². The monoisotopic (exact) mass is 301 g/mol. The van der Waals surface area contributed by atoms with Gasteiger partial charge in [0.25, 0.3) is 5.54 Å². The van der Waals surface area contributed by atoms with Crippen molar-refractivity contribution in [1.82, 2.24) is 0 Å². The predicted octanol–water partition coefficient (Wildman–Crippen LogP) is 2.57. The quantitative estimate of drug-likeness (QED) is 0.685. The van der Waals surface area contributed by atoms with Crippen molar-refractivity contribution in [2.45, 2.75) is 25.6 Å². The number of nitrogens with one attached hydrogen (secondary N) is 1. The van der Waals surface area contributed by atoms with Gasteiger partial charge in [0.05, 0.1) is 17.2 Å². The molecule has 6 nitrogen and oxygen atoms in total. The molecule has 21 heavy (non-hydrogen) atoms. The van der Waals surface area contributed by atoms with Gasteiger partial charge in [-0.25, -0.2) is 0 Å². The smallest absolute Gasteiger partial charge is 0.320 e. The Morgan fingerprint density at radius 1 is 1.38 bits per heavy atom. The van der Waals surface area contributed by atoms with Crippen LogP contribution in [0.15, 0.2) is 18.2 Å². The highest BCUT2D eigenvalue weighted by Gasteiger charge is 2.40. The second-order valence-electron chi connectivity index (χ2n) is 4.64. The normalized spacial score (nSPS) is 11.6. The van der Waals surface area contributed by atoms with E-state index in [4.69, 9.17) is 5.26 Å². The molecule has 0 heterocycles. The summed E-state index contributed by atoms with van der Waals surface area (Å²) in [6, 6.07) is 3.91. The van der Waals surface area contributed by atoms with E-state index in [0.717, 1.165) is 26.0 Å². The van der Waals surface area contributed by atoms with Crippen molar-refractivity contribution in [1.29, 1.82) is 5.26 Å². The number of hydrogen-bond acceptors (Lipinski definition) is 4. The molecule has 0 aromatic heterocycles. The topological polar surface area (TPSA) is 96.0 Å². The number of hydrogen-bond donors (Lipinski definition) is 1. The minimum atomic E-state index is -4.77. The van der Waals surface area contributed by atoms with Crippen molar-refractivity contribution in [3.05, 3.63) is 39.4 Å². The molecular weight excluding hydrogens is 291 g/mol. The summed E-state index contributed by atoms with van der Waals surface area (Å²) in [5.74, 6) is -1.06. The summed E-state index contributed by atoms with van der Waals surface area (Å²) in [6.07, 6.45) is -4.77. The molecule has 0 fully saturated rings. The van der Waals surface area contributed by atoms with E-state index in [2.05, 4.69) is 0 Å². The van der Waals surface area contributed by atoms with Gasteiger partial charge in [-0.05, 0) is 18.2 Å². The number of nitrogens with zero attached hydrogens (tertiary/aromatic N) is 2. The van der Waals surface area contributed by atoms with Crippen LogP contribution in [0.3, 0.4) is 0 Å². The Kier molecular flexibility index (Phi) is 4.22. The zero-order valence-corrected chi connectivity index (χ0v) is 11.0. The first-order valence-electron chi connectivity index (χ1n) is 5.57. The fourth-order valence-corrected chi connectivity index (χ4v) is 1.32. The Bertz CT molecular complexity index is 633. The van der Waals surface area contributed by atoms with E-state index in [1.54, 1.807) is 0 Å². The molecule has 0 atom stereocenters. The summed E-state index contributed by atoms with van der Waals surface area (Å²) in [7, 11) is 0. The molecule has 0 aliphatic rings. The fraction of sp³-hybridized carbons (Fsp3) is 0.333. The first-order valence-corrected chi connectivity index (χ1v) is 5.57. The van der Waals surface area contributed by atoms with Crippen LogP contribution in [0, 0.1) is 21.4 Å². The van der Waals surface area contributed by atoms with Crippen molar-refractivity contribution in [2.24, 2.45) is 0 Å². The zero-order chi connectivity index (χ0) is 16.4. The molecule has 0 radical (unpaired) electrons. The van der Waals surface area contributed by atoms with Crippen LogP contribution in [0.4, 0.5) is 18.9 Å². The number of nitro groups is 1. The molecule has 1 amide bonds. The molecule has 0 unspecified atom stereocenters. The van der Waals surface area contributed by atoms with Gasteiger partial charge in [0, 0.05) is 24.5 Å². The molecule has 0 spiro atoms. The molecule has 0 aliphatic heterocycles. The maximum absolute atomic E-state index is 12.7. The lowest BCUT2D eigenvalue weighted by Crippen LogP contribution is -2.44. The summed E-state index contributed by atoms with van der Waals surface area (Å²) in [5, 5.41) is 21.4. The van der Waals surface area contributed by atoms with Crippen LogP contribution in [0.1, 0.15) is 25.0 Å². The van der Waals surface area contributed by atoms with Crippen LogP contribution in [0.2, 0.25) is 0 Å². The van der Waals surface area contributed by atoms with E-state index < -0.39 is 33.7 Å². The highest BCUT2D eigenvalue weighted by molar-refractivity contribution is 5.96. The van der Waals surface area contributed by atoms with Crippen LogP contribution in [0.5, 0.6) is 0 Å². The molecule has 0 aliphatic carbocycles. The predicted molar refractivity (Wildman–Crippen MR) is 65.9 cm³/mol. The third kappa shape index (κ3) is 3.47. The van der Waals surface area contributed by atoms with E-state index in [0.29, 0.717) is 6.07 Å². The van der Waals surface area contributed by atoms with Crippen molar-refractivity contribution in [3.63, 3.8) is 0 Å². The van der Waals surface area contributed by atoms with Gasteiger partial charge in [-0.2, -0.15) is 18.4 Å². The van der Waals surface area contributed by atoms with Gasteiger partial charge in [-0.1, -0.05) is 0 Å². The summed E-state index contributed by atoms with van der Waals surface area (Å²) >= 11 is 0. The second-order valence-corrected chi connectivity index (χ2v) is 4.64. The average molecular weight is 301 g/mol. The summed E-state index contributed by atoms with van der Waals surface area (Å²) in [6.45, 7) is 2.05. The number of halogens is 3. The van der Waals surface area contributed by atoms with E-state index in [-0.39, 0.29) is 5.69 Å². The maximum atomic E-state index is 12.7. The lowest BCUT2D eigenvalue weighted by atomic mass is 10.0. The van der Waals surface area contributed by atoms with Crippen LogP contribution in [-0.2, 0) is 11.0 Å². The van der Waals surface area contributed by atoms with E-state index in [1.165, 1.54) is 6.07 Å². The standard InChI is InChI=1S/C12H10F3N3O3/c1-11(2,18(20)21)10(19)17-8-4-3-7(6-16)9(5-8)12(13,14)15/h3-5H,1-2H3,(H,17,19). The van der Waals surface area contributed by atoms with Gasteiger partial charge in [-0.3, -0.25) is 14.9 Å². The van der Waals surface area contributed by atoms with E-state index in [1.807, 2.05) is 5.32 Å². The van der Waals surface area contributed by atoms with Crippen molar-refractivity contribution in [3.8, 4) is 6.07 Å². The SMILES string of the molecule is CC(C)(C(=O)Nc1ccc(C#N)c(C(F)(F)F)c1)[N+](=O)[O-]. The molecule has 1 aromatic rings. The van der Waals surface area contributed by atoms with Crippen LogP contribution >= 0.6 is 0 Å². The van der Waals surface area contributed by atoms with Gasteiger partial charge >= 0.3 is 12.1 Å². The Morgan fingerprint density at radius 2 is 1.95 bits per heavy atom. The van der Waals surface area contributed by atoms with Gasteiger partial charge < -0.3 is 5.32 Å². The number of alkyl halides is 3. The number of benzene rings is 1. The lowest BCUT2D eigenvalue weighted by Gasteiger charge is -2.16. The van der Waals surface area contributed by atoms with Gasteiger partial charge in [0.1, 0.15) is 0 Å². The average Bonchev–Trinajstić information content (AvgIpc) is 2.37. The first kappa shape index (κ1) is 16.4. The number of nitriles is 1. The van der Waals surface area contributed by atoms with Crippen LogP contribution in [-0.4, -0.2) is 16.4 Å². The van der Waals surface area contributed by atoms with Gasteiger partial charge in [-0.15, -0.1) is 0 Å². The second kappa shape index (κ2) is 5.40. The highest BCUT2D eigenvalue weighted by Crippen LogP contribution is 2.33. The first-order chi connectivity index (χ1) is 9.50. The molecular formula is C12H10F3N3O3. The Hall–Kier alpha value is -2.63. The molecule has 0 saturated heterocycles. The van der Waals surface area contributed by atoms with Crippen LogP contribution < -0.4 is 5.32 Å². The molecule has 0 saturated carbocycles. The van der Waals surface area contributed by atoms with Gasteiger partial charge in [0.15, 0.2) is 0 Å². The Balaban J connectivity index is 3.16. The maximum Gasteiger partial charge on any atom is 0.417 e. The fourth-order valence-electron chi connectivity index (χ4n) is 1.32. The molecule has 112 valence electrons. The molecule has 1 N–H and O–H groups in total. The summed E-state index contributed by atoms with van der Waals surface area (Å²) in [4.78, 5) is 21.5. The van der Waals surface area contributed by atoms with Crippen molar-refractivity contribution in [2.75, 3.05) is 5.32 Å². The highest BCUT2D eigenvalue weighted by atomic mass is 19.4. The zero-order valence-electron chi connectivity index (χ0n) is 11.0. The molecule has 1 aromatic carbocycles. The Morgan fingerprint density at radius 3 is 2.38 bits per heavy atom. The third-order valence-electron chi connectivity index (χ3n) is 2.72. The van der Waals surface area contributed by atoms with E-state index >= 15 is 0 Å². The molecule has 0 bridgehead atoms. The van der Waals surface area contributed by atoms with Crippen molar-refractivity contribution < 1.29 is 22.9 Å². The van der Waals surface area contributed by atoms with Crippen molar-refractivity contribution >= 4 is 11.6 Å². The number of anilines is 1. The number of carbonyl (C=O) groups is 1. The number of rotatable bonds is 3. The minimum absolute atomic E-state index is 0.277. The lowest BCUT2D eigenvalue weighted by molar-refractivity contribution is -0.542. The summed E-state index contributed by atoms with van der Waals surface area (Å²) < 4.78 is 38.2. The number of carbonyl (C=O) groups excluding carboxylic acids is 1. The number of amides is 1. The Labute approximate surface area is 117 Å². The largest absolute Gasteiger partial charge is 0.417 e.